The quantitative estimate of drug-likeness (QED) is 0.458. The molecule has 0 saturated heterocycles. The van der Waals surface area contributed by atoms with Crippen molar-refractivity contribution in [1.29, 1.82) is 0 Å². The van der Waals surface area contributed by atoms with E-state index in [-0.39, 0.29) is 18.2 Å². The maximum Gasteiger partial charge on any atom is 0.243 e. The molecule has 1 unspecified atom stereocenters. The molecule has 1 atom stereocenters. The highest BCUT2D eigenvalue weighted by atomic mass is 16.2. The van der Waals surface area contributed by atoms with E-state index in [4.69, 9.17) is 0 Å². The van der Waals surface area contributed by atoms with E-state index in [1.54, 1.807) is 4.90 Å². The number of hydrogen-bond acceptors (Lipinski definition) is 2. The Bertz CT molecular complexity index is 1160. The Balaban J connectivity index is 2.02. The van der Waals surface area contributed by atoms with Gasteiger partial charge in [0.15, 0.2) is 0 Å². The third-order valence-corrected chi connectivity index (χ3v) is 6.05. The summed E-state index contributed by atoms with van der Waals surface area (Å²) in [4.78, 5) is 29.3. The van der Waals surface area contributed by atoms with E-state index in [1.165, 1.54) is 0 Å². The minimum absolute atomic E-state index is 0.0507. The van der Waals surface area contributed by atoms with Crippen molar-refractivity contribution >= 4 is 11.8 Å². The fraction of sp³-hybridized carbons (Fsp3) is 0.355. The molecule has 1 N–H and O–H groups in total. The number of carbonyl (C=O) groups excluding carboxylic acids is 2. The summed E-state index contributed by atoms with van der Waals surface area (Å²) in [5.41, 5.74) is 5.96. The Kier molecular flexibility index (Phi) is 8.50. The lowest BCUT2D eigenvalue weighted by Gasteiger charge is -2.34. The smallest absolute Gasteiger partial charge is 0.243 e. The van der Waals surface area contributed by atoms with E-state index in [0.717, 1.165) is 33.4 Å². The first-order valence-electron chi connectivity index (χ1n) is 12.3. The summed E-state index contributed by atoms with van der Waals surface area (Å²) in [6, 6.07) is 23.6. The fourth-order valence-corrected chi connectivity index (χ4v) is 4.27. The van der Waals surface area contributed by atoms with Crippen LogP contribution < -0.4 is 5.32 Å². The highest BCUT2D eigenvalue weighted by Gasteiger charge is 2.32. The van der Waals surface area contributed by atoms with E-state index in [1.807, 2.05) is 90.1 Å². The van der Waals surface area contributed by atoms with Gasteiger partial charge in [-0.25, -0.2) is 0 Å². The van der Waals surface area contributed by atoms with Crippen molar-refractivity contribution in [3.8, 4) is 0 Å². The summed E-state index contributed by atoms with van der Waals surface area (Å²) < 4.78 is 0. The molecule has 0 radical (unpaired) electrons. The highest BCUT2D eigenvalue weighted by molar-refractivity contribution is 5.89. The first kappa shape index (κ1) is 26.2. The number of carbonyl (C=O) groups is 2. The predicted octanol–water partition coefficient (Wildman–Crippen LogP) is 5.71. The molecule has 0 aromatic heterocycles. The largest absolute Gasteiger partial charge is 0.350 e. The number of hydrogen-bond donors (Lipinski definition) is 1. The summed E-state index contributed by atoms with van der Waals surface area (Å²) in [6.07, 6.45) is 0.709. The molecule has 2 amide bonds. The SMILES string of the molecule is Cc1cccc(CN(C(=O)Cc2cc(C)ccc2C)C(Cc2ccccc2)C(=O)NC(C)(C)C)c1. The molecule has 184 valence electrons. The molecule has 3 aromatic carbocycles. The molecule has 0 heterocycles. The zero-order valence-corrected chi connectivity index (χ0v) is 21.9. The van der Waals surface area contributed by atoms with Crippen LogP contribution in [-0.2, 0) is 29.0 Å². The van der Waals surface area contributed by atoms with Crippen LogP contribution in [-0.4, -0.2) is 28.3 Å². The van der Waals surface area contributed by atoms with Crippen LogP contribution in [0.15, 0.2) is 72.8 Å². The lowest BCUT2D eigenvalue weighted by atomic mass is 9.98. The van der Waals surface area contributed by atoms with Gasteiger partial charge in [0.25, 0.3) is 0 Å². The van der Waals surface area contributed by atoms with Crippen molar-refractivity contribution in [2.75, 3.05) is 0 Å². The summed E-state index contributed by atoms with van der Waals surface area (Å²) in [6.45, 7) is 12.4. The van der Waals surface area contributed by atoms with Crippen molar-refractivity contribution in [1.82, 2.24) is 10.2 Å². The minimum atomic E-state index is -0.630. The third-order valence-electron chi connectivity index (χ3n) is 6.05. The van der Waals surface area contributed by atoms with Crippen LogP contribution in [0, 0.1) is 20.8 Å². The number of nitrogens with zero attached hydrogens (tertiary/aromatic N) is 1. The molecule has 3 rings (SSSR count). The monoisotopic (exact) mass is 470 g/mol. The molecule has 35 heavy (non-hydrogen) atoms. The van der Waals surface area contributed by atoms with Gasteiger partial charge in [0.1, 0.15) is 6.04 Å². The zero-order chi connectivity index (χ0) is 25.6. The molecule has 4 heteroatoms. The molecule has 0 aliphatic carbocycles. The van der Waals surface area contributed by atoms with Gasteiger partial charge >= 0.3 is 0 Å². The Morgan fingerprint density at radius 1 is 0.829 bits per heavy atom. The van der Waals surface area contributed by atoms with Crippen LogP contribution in [0.4, 0.5) is 0 Å². The van der Waals surface area contributed by atoms with Crippen molar-refractivity contribution in [3.63, 3.8) is 0 Å². The second kappa shape index (κ2) is 11.4. The lowest BCUT2D eigenvalue weighted by Crippen LogP contribution is -2.54. The molecule has 0 aliphatic rings. The van der Waals surface area contributed by atoms with Crippen LogP contribution >= 0.6 is 0 Å². The standard InChI is InChI=1S/C31H38N2O2/c1-22-11-10-14-26(17-22)21-33(29(34)20-27-18-23(2)15-16-24(27)3)28(30(35)32-31(4,5)6)19-25-12-8-7-9-13-25/h7-18,28H,19-21H2,1-6H3,(H,32,35). The second-order valence-corrected chi connectivity index (χ2v) is 10.6. The number of nitrogens with one attached hydrogen (secondary N) is 1. The van der Waals surface area contributed by atoms with Gasteiger partial charge in [-0.3, -0.25) is 9.59 Å². The lowest BCUT2D eigenvalue weighted by molar-refractivity contribution is -0.141. The van der Waals surface area contributed by atoms with Gasteiger partial charge in [-0.15, -0.1) is 0 Å². The summed E-state index contributed by atoms with van der Waals surface area (Å²) in [5, 5.41) is 3.12. The van der Waals surface area contributed by atoms with E-state index in [0.29, 0.717) is 13.0 Å². The van der Waals surface area contributed by atoms with E-state index < -0.39 is 11.6 Å². The minimum Gasteiger partial charge on any atom is -0.350 e. The van der Waals surface area contributed by atoms with Crippen LogP contribution in [0.1, 0.15) is 54.2 Å². The Hall–Kier alpha value is -3.40. The molecular formula is C31H38N2O2. The number of rotatable bonds is 8. The summed E-state index contributed by atoms with van der Waals surface area (Å²) >= 11 is 0. The molecule has 0 spiro atoms. The van der Waals surface area contributed by atoms with E-state index in [2.05, 4.69) is 29.6 Å². The van der Waals surface area contributed by atoms with E-state index in [9.17, 15) is 9.59 Å². The predicted molar refractivity (Wildman–Crippen MR) is 143 cm³/mol. The first-order chi connectivity index (χ1) is 16.5. The van der Waals surface area contributed by atoms with Crippen molar-refractivity contribution < 1.29 is 9.59 Å². The molecular weight excluding hydrogens is 432 g/mol. The van der Waals surface area contributed by atoms with E-state index >= 15 is 0 Å². The van der Waals surface area contributed by atoms with Gasteiger partial charge in [-0.05, 0) is 63.8 Å². The topological polar surface area (TPSA) is 49.4 Å². The number of aryl methyl sites for hydroxylation is 3. The number of benzene rings is 3. The maximum atomic E-state index is 13.9. The number of amides is 2. The van der Waals surface area contributed by atoms with Gasteiger partial charge in [-0.2, -0.15) is 0 Å². The highest BCUT2D eigenvalue weighted by Crippen LogP contribution is 2.19. The summed E-state index contributed by atoms with van der Waals surface area (Å²) in [7, 11) is 0. The average Bonchev–Trinajstić information content (AvgIpc) is 2.78. The summed E-state index contributed by atoms with van der Waals surface area (Å²) in [5.74, 6) is -0.187. The van der Waals surface area contributed by atoms with Crippen LogP contribution in [0.3, 0.4) is 0 Å². The molecule has 0 saturated carbocycles. The normalized spacial score (nSPS) is 12.2. The van der Waals surface area contributed by atoms with Crippen molar-refractivity contribution in [2.24, 2.45) is 0 Å². The molecule has 0 fully saturated rings. The fourth-order valence-electron chi connectivity index (χ4n) is 4.27. The molecule has 3 aromatic rings. The second-order valence-electron chi connectivity index (χ2n) is 10.6. The first-order valence-corrected chi connectivity index (χ1v) is 12.3. The Morgan fingerprint density at radius 3 is 2.14 bits per heavy atom. The maximum absolute atomic E-state index is 13.9. The molecule has 0 aliphatic heterocycles. The van der Waals surface area contributed by atoms with Gasteiger partial charge in [0, 0.05) is 18.5 Å². The Labute approximate surface area is 210 Å². The van der Waals surface area contributed by atoms with Gasteiger partial charge in [0.05, 0.1) is 6.42 Å². The Morgan fingerprint density at radius 2 is 1.49 bits per heavy atom. The average molecular weight is 471 g/mol. The van der Waals surface area contributed by atoms with Gasteiger partial charge in [0.2, 0.25) is 11.8 Å². The van der Waals surface area contributed by atoms with Crippen LogP contribution in [0.2, 0.25) is 0 Å². The third kappa shape index (κ3) is 7.81. The van der Waals surface area contributed by atoms with Crippen molar-refractivity contribution in [2.45, 2.75) is 72.5 Å². The molecule has 0 bridgehead atoms. The van der Waals surface area contributed by atoms with Crippen molar-refractivity contribution in [3.05, 3.63) is 106 Å². The van der Waals surface area contributed by atoms with Gasteiger partial charge in [-0.1, -0.05) is 83.9 Å². The molecule has 4 nitrogen and oxygen atoms in total. The van der Waals surface area contributed by atoms with Gasteiger partial charge < -0.3 is 10.2 Å². The van der Waals surface area contributed by atoms with Crippen LogP contribution in [0.25, 0.3) is 0 Å². The zero-order valence-electron chi connectivity index (χ0n) is 21.9. The van der Waals surface area contributed by atoms with Crippen LogP contribution in [0.5, 0.6) is 0 Å².